The number of ether oxygens (including phenoxy) is 1. The third-order valence-corrected chi connectivity index (χ3v) is 4.37. The van der Waals surface area contributed by atoms with Crippen LogP contribution in [-0.4, -0.2) is 30.6 Å². The van der Waals surface area contributed by atoms with Crippen LogP contribution >= 0.6 is 0 Å². The lowest BCUT2D eigenvalue weighted by Gasteiger charge is -2.28. The molecule has 0 saturated heterocycles. The number of urea groups is 1. The van der Waals surface area contributed by atoms with Crippen LogP contribution in [0.15, 0.2) is 48.5 Å². The highest BCUT2D eigenvalue weighted by molar-refractivity contribution is 5.74. The molecule has 1 aliphatic rings. The minimum absolute atomic E-state index is 0.0181. The number of amides is 2. The monoisotopic (exact) mass is 324 g/mol. The minimum atomic E-state index is -0.0181. The first kappa shape index (κ1) is 16.4. The van der Waals surface area contributed by atoms with Gasteiger partial charge in [-0.05, 0) is 41.7 Å². The molecule has 0 spiro atoms. The predicted molar refractivity (Wildman–Crippen MR) is 95.3 cm³/mol. The summed E-state index contributed by atoms with van der Waals surface area (Å²) in [5.41, 5.74) is 3.84. The predicted octanol–water partition coefficient (Wildman–Crippen LogP) is 3.40. The molecule has 0 unspecified atom stereocenters. The minimum Gasteiger partial charge on any atom is -0.492 e. The molecule has 0 fully saturated rings. The van der Waals surface area contributed by atoms with Crippen molar-refractivity contribution in [3.8, 4) is 5.75 Å². The van der Waals surface area contributed by atoms with E-state index in [1.165, 1.54) is 16.7 Å². The maximum Gasteiger partial charge on any atom is 0.317 e. The lowest BCUT2D eigenvalue weighted by Crippen LogP contribution is -2.43. The van der Waals surface area contributed by atoms with Crippen molar-refractivity contribution in [2.75, 3.05) is 19.7 Å². The number of nitrogens with one attached hydrogen (secondary N) is 1. The molecule has 4 heteroatoms. The lowest BCUT2D eigenvalue weighted by molar-refractivity contribution is 0.189. The van der Waals surface area contributed by atoms with Crippen LogP contribution in [0.4, 0.5) is 4.79 Å². The van der Waals surface area contributed by atoms with Gasteiger partial charge in [0, 0.05) is 13.1 Å². The van der Waals surface area contributed by atoms with E-state index in [0.717, 1.165) is 25.1 Å². The number of benzene rings is 2. The number of hydrogen-bond donors (Lipinski definition) is 1. The Morgan fingerprint density at radius 3 is 2.83 bits per heavy atom. The molecule has 126 valence electrons. The highest BCUT2D eigenvalue weighted by atomic mass is 16.5. The highest BCUT2D eigenvalue weighted by Gasteiger charge is 2.19. The second-order valence-electron chi connectivity index (χ2n) is 6.02. The van der Waals surface area contributed by atoms with Crippen molar-refractivity contribution in [1.29, 1.82) is 0 Å². The molecule has 0 aromatic heterocycles. The maximum absolute atomic E-state index is 12.3. The summed E-state index contributed by atoms with van der Waals surface area (Å²) in [4.78, 5) is 14.1. The Hall–Kier alpha value is -2.49. The lowest BCUT2D eigenvalue weighted by atomic mass is 10.0. The zero-order chi connectivity index (χ0) is 16.8. The van der Waals surface area contributed by atoms with Crippen LogP contribution in [0, 0.1) is 0 Å². The van der Waals surface area contributed by atoms with Gasteiger partial charge < -0.3 is 15.0 Å². The van der Waals surface area contributed by atoms with Crippen molar-refractivity contribution >= 4 is 6.03 Å². The molecule has 2 aromatic rings. The second kappa shape index (κ2) is 7.86. The van der Waals surface area contributed by atoms with Gasteiger partial charge >= 0.3 is 6.03 Å². The molecule has 0 bridgehead atoms. The average Bonchev–Trinajstić information content (AvgIpc) is 2.64. The first-order chi connectivity index (χ1) is 11.8. The van der Waals surface area contributed by atoms with Gasteiger partial charge in [-0.25, -0.2) is 4.79 Å². The number of rotatable bonds is 5. The molecular weight excluding hydrogens is 300 g/mol. The number of hydrogen-bond acceptors (Lipinski definition) is 2. The van der Waals surface area contributed by atoms with Crippen molar-refractivity contribution < 1.29 is 9.53 Å². The molecule has 24 heavy (non-hydrogen) atoms. The largest absolute Gasteiger partial charge is 0.492 e. The van der Waals surface area contributed by atoms with Gasteiger partial charge in [0.1, 0.15) is 12.4 Å². The standard InChI is InChI=1S/C20H24N2O2/c1-2-16-6-5-9-19(14-16)24-13-11-21-20(23)22-12-10-17-7-3-4-8-18(17)15-22/h3-9,14H,2,10-13,15H2,1H3,(H,21,23). The molecule has 2 aromatic carbocycles. The number of nitrogens with zero attached hydrogens (tertiary/aromatic N) is 1. The van der Waals surface area contributed by atoms with E-state index in [1.54, 1.807) is 0 Å². The molecule has 0 atom stereocenters. The molecule has 0 aliphatic carbocycles. The summed E-state index contributed by atoms with van der Waals surface area (Å²) in [6, 6.07) is 16.4. The normalized spacial score (nSPS) is 13.3. The molecule has 0 saturated carbocycles. The van der Waals surface area contributed by atoms with Gasteiger partial charge in [0.05, 0.1) is 6.54 Å². The smallest absolute Gasteiger partial charge is 0.317 e. The average molecular weight is 324 g/mol. The molecule has 0 radical (unpaired) electrons. The van der Waals surface area contributed by atoms with Gasteiger partial charge in [0.15, 0.2) is 0 Å². The van der Waals surface area contributed by atoms with Crippen molar-refractivity contribution in [3.05, 3.63) is 65.2 Å². The van der Waals surface area contributed by atoms with Gasteiger partial charge in [-0.3, -0.25) is 0 Å². The maximum atomic E-state index is 12.3. The molecule has 1 aliphatic heterocycles. The molecule has 2 amide bonds. The van der Waals surface area contributed by atoms with Crippen LogP contribution in [0.25, 0.3) is 0 Å². The Balaban J connectivity index is 1.43. The summed E-state index contributed by atoms with van der Waals surface area (Å²) in [6.07, 6.45) is 1.91. The Kier molecular flexibility index (Phi) is 5.36. The fourth-order valence-electron chi connectivity index (χ4n) is 2.96. The van der Waals surface area contributed by atoms with Gasteiger partial charge in [-0.15, -0.1) is 0 Å². The summed E-state index contributed by atoms with van der Waals surface area (Å²) in [5.74, 6) is 0.857. The number of carbonyl (C=O) groups excluding carboxylic acids is 1. The SMILES string of the molecule is CCc1cccc(OCCNC(=O)N2CCc3ccccc3C2)c1. The van der Waals surface area contributed by atoms with E-state index in [0.29, 0.717) is 19.7 Å². The summed E-state index contributed by atoms with van der Waals surface area (Å²) in [6.45, 7) is 4.55. The first-order valence-corrected chi connectivity index (χ1v) is 8.57. The number of fused-ring (bicyclic) bond motifs is 1. The van der Waals surface area contributed by atoms with Gasteiger partial charge in [-0.2, -0.15) is 0 Å². The van der Waals surface area contributed by atoms with E-state index in [4.69, 9.17) is 4.74 Å². The van der Waals surface area contributed by atoms with Crippen LogP contribution in [0.3, 0.4) is 0 Å². The van der Waals surface area contributed by atoms with Gasteiger partial charge in [0.25, 0.3) is 0 Å². The Labute approximate surface area is 143 Å². The quantitative estimate of drug-likeness (QED) is 0.857. The second-order valence-corrected chi connectivity index (χ2v) is 6.02. The van der Waals surface area contributed by atoms with E-state index in [9.17, 15) is 4.79 Å². The Morgan fingerprint density at radius 2 is 2.00 bits per heavy atom. The van der Waals surface area contributed by atoms with E-state index < -0.39 is 0 Å². The van der Waals surface area contributed by atoms with Crippen LogP contribution in [-0.2, 0) is 19.4 Å². The van der Waals surface area contributed by atoms with E-state index >= 15 is 0 Å². The third kappa shape index (κ3) is 4.07. The van der Waals surface area contributed by atoms with Crippen molar-refractivity contribution in [2.45, 2.75) is 26.3 Å². The van der Waals surface area contributed by atoms with Crippen LogP contribution in [0.2, 0.25) is 0 Å². The van der Waals surface area contributed by atoms with Crippen LogP contribution < -0.4 is 10.1 Å². The highest BCUT2D eigenvalue weighted by Crippen LogP contribution is 2.18. The van der Waals surface area contributed by atoms with Crippen LogP contribution in [0.5, 0.6) is 5.75 Å². The topological polar surface area (TPSA) is 41.6 Å². The fourth-order valence-corrected chi connectivity index (χ4v) is 2.96. The van der Waals surface area contributed by atoms with Crippen molar-refractivity contribution in [1.82, 2.24) is 10.2 Å². The first-order valence-electron chi connectivity index (χ1n) is 8.57. The fraction of sp³-hybridized carbons (Fsp3) is 0.350. The van der Waals surface area contributed by atoms with E-state index in [-0.39, 0.29) is 6.03 Å². The van der Waals surface area contributed by atoms with Gasteiger partial charge in [-0.1, -0.05) is 43.3 Å². The molecule has 1 heterocycles. The zero-order valence-corrected chi connectivity index (χ0v) is 14.1. The van der Waals surface area contributed by atoms with E-state index in [2.05, 4.69) is 36.5 Å². The summed E-state index contributed by atoms with van der Waals surface area (Å²) in [7, 11) is 0. The summed E-state index contributed by atoms with van der Waals surface area (Å²) < 4.78 is 5.71. The molecular formula is C20H24N2O2. The summed E-state index contributed by atoms with van der Waals surface area (Å²) in [5, 5.41) is 2.94. The summed E-state index contributed by atoms with van der Waals surface area (Å²) >= 11 is 0. The number of carbonyl (C=O) groups is 1. The third-order valence-electron chi connectivity index (χ3n) is 4.37. The van der Waals surface area contributed by atoms with Crippen LogP contribution in [0.1, 0.15) is 23.6 Å². The number of aryl methyl sites for hydroxylation is 1. The van der Waals surface area contributed by atoms with E-state index in [1.807, 2.05) is 29.2 Å². The van der Waals surface area contributed by atoms with Crippen molar-refractivity contribution in [2.24, 2.45) is 0 Å². The van der Waals surface area contributed by atoms with Gasteiger partial charge in [0.2, 0.25) is 0 Å². The molecule has 1 N–H and O–H groups in total. The molecule has 3 rings (SSSR count). The Morgan fingerprint density at radius 1 is 1.17 bits per heavy atom. The Bertz CT molecular complexity index is 700. The zero-order valence-electron chi connectivity index (χ0n) is 14.1. The van der Waals surface area contributed by atoms with Crippen molar-refractivity contribution in [3.63, 3.8) is 0 Å². The molecule has 4 nitrogen and oxygen atoms in total.